The number of para-hydroxylation sites is 1. The van der Waals surface area contributed by atoms with Gasteiger partial charge in [0.15, 0.2) is 23.0 Å². The Bertz CT molecular complexity index is 1470. The number of hydrogen-bond acceptors (Lipinski definition) is 6. The number of rotatable bonds is 5. The lowest BCUT2D eigenvalue weighted by molar-refractivity contribution is -0.140. The molecule has 7 nitrogen and oxygen atoms in total. The van der Waals surface area contributed by atoms with Crippen LogP contribution in [0.25, 0.3) is 22.3 Å². The van der Waals surface area contributed by atoms with Crippen LogP contribution in [0.5, 0.6) is 5.75 Å². The normalized spacial score (nSPS) is 16.3. The monoisotopic (exact) mass is 532 g/mol. The molecular formula is C26H25F5N6O. The molecule has 1 aliphatic rings. The van der Waals surface area contributed by atoms with Crippen LogP contribution in [0.4, 0.5) is 33.6 Å². The van der Waals surface area contributed by atoms with E-state index in [1.54, 1.807) is 0 Å². The fraction of sp³-hybridized carbons (Fsp3) is 0.346. The first-order valence-electron chi connectivity index (χ1n) is 12.1. The smallest absolute Gasteiger partial charge is 0.419 e. The van der Waals surface area contributed by atoms with Crippen LogP contribution in [0.3, 0.4) is 0 Å². The van der Waals surface area contributed by atoms with Crippen LogP contribution in [-0.4, -0.2) is 51.0 Å². The Balaban J connectivity index is 1.48. The Morgan fingerprint density at radius 2 is 1.84 bits per heavy atom. The highest BCUT2D eigenvalue weighted by atomic mass is 19.4. The molecular weight excluding hydrogens is 507 g/mol. The summed E-state index contributed by atoms with van der Waals surface area (Å²) in [6.45, 7) is 1.56. The second-order valence-corrected chi connectivity index (χ2v) is 9.38. The molecule has 1 N–H and O–H groups in total. The number of nitrogens with zero attached hydrogens (tertiary/aromatic N) is 6. The van der Waals surface area contributed by atoms with E-state index >= 15 is 0 Å². The topological polar surface area (TPSA) is 70.3 Å². The van der Waals surface area contributed by atoms with Crippen molar-refractivity contribution < 1.29 is 27.1 Å². The number of halogens is 5. The van der Waals surface area contributed by atoms with Gasteiger partial charge in [-0.25, -0.2) is 18.4 Å². The molecule has 12 heteroatoms. The molecule has 0 saturated carbocycles. The highest BCUT2D eigenvalue weighted by molar-refractivity contribution is 5.91. The van der Waals surface area contributed by atoms with Gasteiger partial charge in [-0.05, 0) is 37.5 Å². The number of aromatic hydroxyl groups is 1. The maximum absolute atomic E-state index is 14.7. The van der Waals surface area contributed by atoms with Gasteiger partial charge < -0.3 is 14.9 Å². The summed E-state index contributed by atoms with van der Waals surface area (Å²) in [4.78, 5) is 13.2. The summed E-state index contributed by atoms with van der Waals surface area (Å²) < 4.78 is 69.9. The average Bonchev–Trinajstić information content (AvgIpc) is 3.23. The molecule has 200 valence electrons. The summed E-state index contributed by atoms with van der Waals surface area (Å²) in [6.07, 6.45) is -0.608. The lowest BCUT2D eigenvalue weighted by Crippen LogP contribution is -2.46. The Morgan fingerprint density at radius 3 is 2.55 bits per heavy atom. The molecule has 1 fully saturated rings. The molecule has 2 aromatic carbocycles. The zero-order chi connectivity index (χ0) is 27.2. The molecule has 1 aliphatic heterocycles. The molecule has 0 aliphatic carbocycles. The van der Waals surface area contributed by atoms with Crippen molar-refractivity contribution in [3.05, 3.63) is 59.8 Å². The number of alkyl halides is 3. The van der Waals surface area contributed by atoms with E-state index in [-0.39, 0.29) is 22.8 Å². The van der Waals surface area contributed by atoms with Crippen LogP contribution in [-0.2, 0) is 13.2 Å². The molecule has 1 atom stereocenters. The summed E-state index contributed by atoms with van der Waals surface area (Å²) in [7, 11) is 3.36. The maximum Gasteiger partial charge on any atom is 0.419 e. The minimum Gasteiger partial charge on any atom is -0.503 e. The lowest BCUT2D eigenvalue weighted by atomic mass is 10.0. The fourth-order valence-corrected chi connectivity index (χ4v) is 4.96. The van der Waals surface area contributed by atoms with Crippen molar-refractivity contribution in [1.82, 2.24) is 19.7 Å². The van der Waals surface area contributed by atoms with Crippen molar-refractivity contribution in [2.24, 2.45) is 7.05 Å². The van der Waals surface area contributed by atoms with E-state index in [9.17, 15) is 27.1 Å². The number of fused-ring (bicyclic) bond motifs is 1. The predicted octanol–water partition coefficient (Wildman–Crippen LogP) is 5.53. The van der Waals surface area contributed by atoms with Crippen LogP contribution in [0.1, 0.15) is 24.8 Å². The van der Waals surface area contributed by atoms with Gasteiger partial charge in [-0.1, -0.05) is 18.2 Å². The van der Waals surface area contributed by atoms with Gasteiger partial charge in [0.05, 0.1) is 10.9 Å². The molecule has 2 aromatic heterocycles. The first kappa shape index (κ1) is 25.7. The number of hydrogen-bond donors (Lipinski definition) is 1. The van der Waals surface area contributed by atoms with E-state index in [1.165, 1.54) is 17.9 Å². The van der Waals surface area contributed by atoms with Crippen molar-refractivity contribution in [1.29, 1.82) is 0 Å². The third-order valence-corrected chi connectivity index (χ3v) is 6.85. The molecule has 0 radical (unpaired) electrons. The minimum atomic E-state index is -5.15. The zero-order valence-electron chi connectivity index (χ0n) is 20.7. The maximum atomic E-state index is 14.7. The first-order chi connectivity index (χ1) is 18.1. The second-order valence-electron chi connectivity index (χ2n) is 9.38. The molecule has 0 spiro atoms. The van der Waals surface area contributed by atoms with E-state index < -0.39 is 34.7 Å². The van der Waals surface area contributed by atoms with Gasteiger partial charge in [0.2, 0.25) is 5.95 Å². The molecule has 1 saturated heterocycles. The highest BCUT2D eigenvalue weighted by Crippen LogP contribution is 2.41. The quantitative estimate of drug-likeness (QED) is 0.341. The summed E-state index contributed by atoms with van der Waals surface area (Å²) in [5.74, 6) is -4.98. The van der Waals surface area contributed by atoms with Gasteiger partial charge in [-0.2, -0.15) is 23.3 Å². The average molecular weight is 533 g/mol. The van der Waals surface area contributed by atoms with E-state index in [2.05, 4.69) is 32.1 Å². The molecule has 0 amide bonds. The van der Waals surface area contributed by atoms with E-state index in [0.717, 1.165) is 31.5 Å². The van der Waals surface area contributed by atoms with Gasteiger partial charge in [0.1, 0.15) is 5.69 Å². The molecule has 4 aromatic rings. The van der Waals surface area contributed by atoms with Crippen LogP contribution in [0, 0.1) is 11.6 Å². The number of benzene rings is 2. The lowest BCUT2D eigenvalue weighted by Gasteiger charge is -2.39. The second kappa shape index (κ2) is 9.73. The largest absolute Gasteiger partial charge is 0.503 e. The summed E-state index contributed by atoms with van der Waals surface area (Å²) >= 11 is 0. The number of piperidine rings is 1. The zero-order valence-corrected chi connectivity index (χ0v) is 20.7. The first-order valence-corrected chi connectivity index (χ1v) is 12.1. The van der Waals surface area contributed by atoms with Gasteiger partial charge in [0.25, 0.3) is 0 Å². The minimum absolute atomic E-state index is 0.159. The van der Waals surface area contributed by atoms with Gasteiger partial charge in [-0.3, -0.25) is 0 Å². The molecule has 0 bridgehead atoms. The Kier molecular flexibility index (Phi) is 6.58. The fourth-order valence-electron chi connectivity index (χ4n) is 4.96. The van der Waals surface area contributed by atoms with Gasteiger partial charge in [-0.15, -0.1) is 0 Å². The SMILES string of the molecule is CN(CC1CCCCN1c1ccccc1)c1ncc2c(-c3cc(C(F)(F)F)c(F)c(O)c3F)nn(C)c2n1. The van der Waals surface area contributed by atoms with Crippen molar-refractivity contribution in [2.45, 2.75) is 31.5 Å². The predicted molar refractivity (Wildman–Crippen MR) is 133 cm³/mol. The Morgan fingerprint density at radius 1 is 1.11 bits per heavy atom. The number of aromatic nitrogens is 4. The van der Waals surface area contributed by atoms with Gasteiger partial charge in [0, 0.05) is 50.7 Å². The van der Waals surface area contributed by atoms with E-state index in [4.69, 9.17) is 0 Å². The number of phenols is 1. The van der Waals surface area contributed by atoms with Crippen molar-refractivity contribution in [3.8, 4) is 17.0 Å². The van der Waals surface area contributed by atoms with Crippen LogP contribution in [0.2, 0.25) is 0 Å². The van der Waals surface area contributed by atoms with Crippen LogP contribution >= 0.6 is 0 Å². The van der Waals surface area contributed by atoms with Crippen molar-refractivity contribution in [2.75, 3.05) is 29.9 Å². The van der Waals surface area contributed by atoms with E-state index in [0.29, 0.717) is 18.6 Å². The third-order valence-electron chi connectivity index (χ3n) is 6.85. The number of phenolic OH excluding ortho intramolecular Hbond substituents is 1. The molecule has 1 unspecified atom stereocenters. The summed E-state index contributed by atoms with van der Waals surface area (Å²) in [5.41, 5.74) is -1.35. The van der Waals surface area contributed by atoms with Gasteiger partial charge >= 0.3 is 6.18 Å². The molecule has 5 rings (SSSR count). The third kappa shape index (κ3) is 4.59. The Hall–Kier alpha value is -3.96. The number of anilines is 2. The molecule has 38 heavy (non-hydrogen) atoms. The standard InChI is InChI=1S/C26H25F5N6O/c1-35(14-16-10-6-7-11-37(16)15-8-4-3-5-9-15)25-32-13-18-22(34-36(2)24(18)33-25)17-12-19(26(29,30)31)21(28)23(38)20(17)27/h3-5,8-9,12-13,16,38H,6-7,10-11,14H2,1-2H3. The van der Waals surface area contributed by atoms with Crippen LogP contribution in [0.15, 0.2) is 42.6 Å². The highest BCUT2D eigenvalue weighted by Gasteiger charge is 2.38. The summed E-state index contributed by atoms with van der Waals surface area (Å²) in [6, 6.07) is 10.7. The van der Waals surface area contributed by atoms with Crippen molar-refractivity contribution in [3.63, 3.8) is 0 Å². The van der Waals surface area contributed by atoms with Crippen LogP contribution < -0.4 is 9.80 Å². The Labute approximate surface area is 215 Å². The number of aryl methyl sites for hydroxylation is 1. The summed E-state index contributed by atoms with van der Waals surface area (Å²) in [5, 5.41) is 14.0. The van der Waals surface area contributed by atoms with Crippen molar-refractivity contribution >= 4 is 22.7 Å². The molecule has 3 heterocycles. The van der Waals surface area contributed by atoms with E-state index in [1.807, 2.05) is 30.1 Å². The number of likely N-dealkylation sites (N-methyl/N-ethyl adjacent to an activating group) is 1.